The van der Waals surface area contributed by atoms with Gasteiger partial charge in [0.1, 0.15) is 0 Å². The zero-order chi connectivity index (χ0) is 12.1. The summed E-state index contributed by atoms with van der Waals surface area (Å²) in [5.41, 5.74) is 0.299. The first kappa shape index (κ1) is 12.4. The zero-order valence-corrected chi connectivity index (χ0v) is 10.1. The quantitative estimate of drug-likeness (QED) is 0.630. The van der Waals surface area contributed by atoms with Crippen LogP contribution in [0.25, 0.3) is 0 Å². The van der Waals surface area contributed by atoms with E-state index in [9.17, 15) is 9.59 Å². The van der Waals surface area contributed by atoms with Gasteiger partial charge in [-0.05, 0) is 35.0 Å². The van der Waals surface area contributed by atoms with E-state index in [4.69, 9.17) is 10.00 Å². The van der Waals surface area contributed by atoms with Crippen molar-refractivity contribution in [2.45, 2.75) is 6.92 Å². The number of carbonyl (C=O) groups is 2. The van der Waals surface area contributed by atoms with Crippen LogP contribution in [0, 0.1) is 11.3 Å². The Balaban J connectivity index is 3.41. The van der Waals surface area contributed by atoms with Gasteiger partial charge in [0.25, 0.3) is 0 Å². The second kappa shape index (κ2) is 5.42. The number of ether oxygens (including phenoxy) is 1. The molecular formula is C11H8BrNO3. The molecule has 0 bridgehead atoms. The smallest absolute Gasteiger partial charge is 0.340 e. The number of rotatable bonds is 3. The van der Waals surface area contributed by atoms with E-state index >= 15 is 0 Å². The molecule has 0 spiro atoms. The molecule has 0 aliphatic carbocycles. The van der Waals surface area contributed by atoms with Gasteiger partial charge in [0.15, 0.2) is 6.29 Å². The molecule has 4 nitrogen and oxygen atoms in total. The minimum atomic E-state index is -0.617. The second-order valence-electron chi connectivity index (χ2n) is 2.83. The van der Waals surface area contributed by atoms with Crippen LogP contribution in [0.5, 0.6) is 0 Å². The highest BCUT2D eigenvalue weighted by Crippen LogP contribution is 2.23. The summed E-state index contributed by atoms with van der Waals surface area (Å²) in [6.45, 7) is 1.88. The standard InChI is InChI=1S/C11H8BrNO3/c1-2-16-11(15)10-8(6-14)7(5-13)3-4-9(10)12/h3-4,6H,2H2,1H3. The molecule has 0 radical (unpaired) electrons. The topological polar surface area (TPSA) is 67.2 Å². The van der Waals surface area contributed by atoms with E-state index in [1.807, 2.05) is 6.07 Å². The molecule has 82 valence electrons. The Hall–Kier alpha value is -1.67. The van der Waals surface area contributed by atoms with Gasteiger partial charge in [0.2, 0.25) is 0 Å². The number of hydrogen-bond acceptors (Lipinski definition) is 4. The highest BCUT2D eigenvalue weighted by Gasteiger charge is 2.19. The summed E-state index contributed by atoms with van der Waals surface area (Å²) in [5.74, 6) is -0.617. The van der Waals surface area contributed by atoms with E-state index in [1.165, 1.54) is 12.1 Å². The van der Waals surface area contributed by atoms with Gasteiger partial charge in [-0.3, -0.25) is 4.79 Å². The zero-order valence-electron chi connectivity index (χ0n) is 8.49. The van der Waals surface area contributed by atoms with Crippen molar-refractivity contribution in [3.63, 3.8) is 0 Å². The largest absolute Gasteiger partial charge is 0.462 e. The van der Waals surface area contributed by atoms with E-state index in [-0.39, 0.29) is 23.3 Å². The highest BCUT2D eigenvalue weighted by atomic mass is 79.9. The molecule has 16 heavy (non-hydrogen) atoms. The molecule has 0 aliphatic rings. The average Bonchev–Trinajstić information content (AvgIpc) is 2.28. The highest BCUT2D eigenvalue weighted by molar-refractivity contribution is 9.10. The molecule has 1 aromatic carbocycles. The van der Waals surface area contributed by atoms with E-state index in [0.717, 1.165) is 0 Å². The van der Waals surface area contributed by atoms with Crippen LogP contribution in [0.4, 0.5) is 0 Å². The first-order valence-electron chi connectivity index (χ1n) is 4.50. The SMILES string of the molecule is CCOC(=O)c1c(Br)ccc(C#N)c1C=O. The third-order valence-electron chi connectivity index (χ3n) is 1.91. The summed E-state index contributed by atoms with van der Waals surface area (Å²) in [6.07, 6.45) is 0.482. The Morgan fingerprint density at radius 1 is 1.62 bits per heavy atom. The number of esters is 1. The van der Waals surface area contributed by atoms with Gasteiger partial charge in [-0.1, -0.05) is 0 Å². The normalized spacial score (nSPS) is 9.31. The Labute approximate surface area is 101 Å². The van der Waals surface area contributed by atoms with Crippen LogP contribution in [0.1, 0.15) is 33.2 Å². The van der Waals surface area contributed by atoms with Gasteiger partial charge < -0.3 is 4.74 Å². The van der Waals surface area contributed by atoms with Gasteiger partial charge in [0.05, 0.1) is 23.8 Å². The molecule has 0 fully saturated rings. The third-order valence-corrected chi connectivity index (χ3v) is 2.57. The predicted molar refractivity (Wildman–Crippen MR) is 60.2 cm³/mol. The first-order valence-corrected chi connectivity index (χ1v) is 5.29. The van der Waals surface area contributed by atoms with Gasteiger partial charge in [0, 0.05) is 10.0 Å². The lowest BCUT2D eigenvalue weighted by molar-refractivity contribution is 0.0523. The third kappa shape index (κ3) is 2.28. The van der Waals surface area contributed by atoms with Crippen LogP contribution >= 0.6 is 15.9 Å². The minimum Gasteiger partial charge on any atom is -0.462 e. The lowest BCUT2D eigenvalue weighted by Crippen LogP contribution is -2.10. The van der Waals surface area contributed by atoms with E-state index in [1.54, 1.807) is 6.92 Å². The molecule has 0 saturated heterocycles. The van der Waals surface area contributed by atoms with Crippen molar-refractivity contribution in [3.05, 3.63) is 33.3 Å². The van der Waals surface area contributed by atoms with Crippen molar-refractivity contribution in [3.8, 4) is 6.07 Å². The van der Waals surface area contributed by atoms with Crippen LogP contribution in [-0.2, 0) is 4.74 Å². The fraction of sp³-hybridized carbons (Fsp3) is 0.182. The molecule has 0 saturated carbocycles. The Morgan fingerprint density at radius 2 is 2.31 bits per heavy atom. The summed E-state index contributed by atoms with van der Waals surface area (Å²) in [7, 11) is 0. The second-order valence-corrected chi connectivity index (χ2v) is 3.69. The maximum atomic E-state index is 11.6. The Morgan fingerprint density at radius 3 is 2.81 bits per heavy atom. The number of benzene rings is 1. The van der Waals surface area contributed by atoms with Crippen molar-refractivity contribution in [1.82, 2.24) is 0 Å². The van der Waals surface area contributed by atoms with Crippen LogP contribution in [0.15, 0.2) is 16.6 Å². The molecule has 5 heteroatoms. The summed E-state index contributed by atoms with van der Waals surface area (Å²) in [5, 5.41) is 8.80. The Kier molecular flexibility index (Phi) is 4.20. The van der Waals surface area contributed by atoms with Crippen molar-refractivity contribution in [2.24, 2.45) is 0 Å². The van der Waals surface area contributed by atoms with Crippen LogP contribution < -0.4 is 0 Å². The molecule has 0 aliphatic heterocycles. The molecule has 0 heterocycles. The lowest BCUT2D eigenvalue weighted by atomic mass is 10.0. The maximum Gasteiger partial charge on any atom is 0.340 e. The molecule has 0 atom stereocenters. The Bertz CT molecular complexity index is 477. The first-order chi connectivity index (χ1) is 7.65. The fourth-order valence-electron chi connectivity index (χ4n) is 1.22. The summed E-state index contributed by atoms with van der Waals surface area (Å²) in [4.78, 5) is 22.5. The number of carbonyl (C=O) groups excluding carboxylic acids is 2. The van der Waals surface area contributed by atoms with Crippen molar-refractivity contribution >= 4 is 28.2 Å². The van der Waals surface area contributed by atoms with Crippen molar-refractivity contribution in [1.29, 1.82) is 5.26 Å². The molecule has 0 N–H and O–H groups in total. The molecule has 0 unspecified atom stereocenters. The average molecular weight is 282 g/mol. The summed E-state index contributed by atoms with van der Waals surface area (Å²) < 4.78 is 5.25. The number of nitriles is 1. The minimum absolute atomic E-state index is 0.0512. The van der Waals surface area contributed by atoms with Crippen LogP contribution in [0.2, 0.25) is 0 Å². The van der Waals surface area contributed by atoms with Gasteiger partial charge in [-0.25, -0.2) is 4.79 Å². The number of nitrogens with zero attached hydrogens (tertiary/aromatic N) is 1. The number of hydrogen-bond donors (Lipinski definition) is 0. The number of halogens is 1. The number of aldehydes is 1. The van der Waals surface area contributed by atoms with Gasteiger partial charge in [-0.15, -0.1) is 0 Å². The van der Waals surface area contributed by atoms with Crippen molar-refractivity contribution < 1.29 is 14.3 Å². The van der Waals surface area contributed by atoms with E-state index < -0.39 is 5.97 Å². The van der Waals surface area contributed by atoms with E-state index in [2.05, 4.69) is 15.9 Å². The molecule has 1 rings (SSSR count). The summed E-state index contributed by atoms with van der Waals surface area (Å²) >= 11 is 3.15. The maximum absolute atomic E-state index is 11.6. The van der Waals surface area contributed by atoms with E-state index in [0.29, 0.717) is 10.8 Å². The predicted octanol–water partition coefficient (Wildman–Crippen LogP) is 2.31. The molecule has 1 aromatic rings. The summed E-state index contributed by atoms with van der Waals surface area (Å²) in [6, 6.07) is 4.86. The monoisotopic (exact) mass is 281 g/mol. The molecule has 0 aromatic heterocycles. The van der Waals surface area contributed by atoms with Crippen LogP contribution in [0.3, 0.4) is 0 Å². The van der Waals surface area contributed by atoms with Crippen LogP contribution in [-0.4, -0.2) is 18.9 Å². The van der Waals surface area contributed by atoms with Gasteiger partial charge >= 0.3 is 5.97 Å². The fourth-order valence-corrected chi connectivity index (χ4v) is 1.73. The lowest BCUT2D eigenvalue weighted by Gasteiger charge is -2.07. The van der Waals surface area contributed by atoms with Crippen molar-refractivity contribution in [2.75, 3.05) is 6.61 Å². The molecule has 0 amide bonds. The van der Waals surface area contributed by atoms with Gasteiger partial charge in [-0.2, -0.15) is 5.26 Å². The molecular weight excluding hydrogens is 274 g/mol.